The second kappa shape index (κ2) is 6.55. The van der Waals surface area contributed by atoms with Crippen LogP contribution >= 0.6 is 22.9 Å². The highest BCUT2D eigenvalue weighted by molar-refractivity contribution is 7.22. The van der Waals surface area contributed by atoms with E-state index < -0.39 is 5.69 Å². The maximum absolute atomic E-state index is 13.0. The standard InChI is InChI=1S/C19H14ClN3O2S/c1-2-11-7-12(10-21-9-11)23-18(24)17-15(22-19(23)25)8-16(26-17)13-5-3-4-6-14(13)20/h3-10H,2H2,1H3,(H,22,25). The van der Waals surface area contributed by atoms with Gasteiger partial charge in [-0.05, 0) is 30.2 Å². The number of nitrogens with one attached hydrogen (secondary N) is 1. The number of aryl methyl sites for hydroxylation is 1. The third-order valence-electron chi connectivity index (χ3n) is 4.16. The van der Waals surface area contributed by atoms with E-state index in [9.17, 15) is 9.59 Å². The summed E-state index contributed by atoms with van der Waals surface area (Å²) in [5.74, 6) is 0. The summed E-state index contributed by atoms with van der Waals surface area (Å²) in [4.78, 5) is 33.3. The van der Waals surface area contributed by atoms with Crippen molar-refractivity contribution in [1.82, 2.24) is 14.5 Å². The highest BCUT2D eigenvalue weighted by Gasteiger charge is 2.15. The largest absolute Gasteiger partial charge is 0.333 e. The minimum atomic E-state index is -0.485. The van der Waals surface area contributed by atoms with Crippen molar-refractivity contribution in [3.63, 3.8) is 0 Å². The van der Waals surface area contributed by atoms with Crippen LogP contribution in [0.15, 0.2) is 58.4 Å². The van der Waals surface area contributed by atoms with Gasteiger partial charge in [0, 0.05) is 21.7 Å². The van der Waals surface area contributed by atoms with Gasteiger partial charge in [0.15, 0.2) is 0 Å². The molecule has 130 valence electrons. The van der Waals surface area contributed by atoms with Crippen molar-refractivity contribution in [3.05, 3.63) is 80.2 Å². The summed E-state index contributed by atoms with van der Waals surface area (Å²) in [5, 5.41) is 0.599. The number of hydrogen-bond donors (Lipinski definition) is 1. The molecule has 0 aliphatic heterocycles. The number of aromatic amines is 1. The number of thiophene rings is 1. The zero-order valence-corrected chi connectivity index (χ0v) is 15.4. The van der Waals surface area contributed by atoms with Crippen molar-refractivity contribution in [2.75, 3.05) is 0 Å². The molecule has 0 atom stereocenters. The minimum Gasteiger partial charge on any atom is -0.306 e. The lowest BCUT2D eigenvalue weighted by Crippen LogP contribution is -2.33. The second-order valence-corrected chi connectivity index (χ2v) is 7.27. The van der Waals surface area contributed by atoms with E-state index in [0.717, 1.165) is 27.0 Å². The monoisotopic (exact) mass is 383 g/mol. The lowest BCUT2D eigenvalue weighted by molar-refractivity contribution is 0.892. The molecule has 0 saturated carbocycles. The van der Waals surface area contributed by atoms with Gasteiger partial charge in [-0.25, -0.2) is 9.36 Å². The average Bonchev–Trinajstić information content (AvgIpc) is 3.06. The lowest BCUT2D eigenvalue weighted by Gasteiger charge is -2.05. The molecule has 3 heterocycles. The summed E-state index contributed by atoms with van der Waals surface area (Å²) in [6.07, 6.45) is 4.01. The first-order chi connectivity index (χ1) is 12.6. The first-order valence-electron chi connectivity index (χ1n) is 8.06. The molecule has 0 radical (unpaired) electrons. The van der Waals surface area contributed by atoms with Crippen LogP contribution in [-0.2, 0) is 6.42 Å². The van der Waals surface area contributed by atoms with Gasteiger partial charge >= 0.3 is 5.69 Å². The summed E-state index contributed by atoms with van der Waals surface area (Å²) in [6, 6.07) is 11.0. The molecule has 0 bridgehead atoms. The number of halogens is 1. The fourth-order valence-corrected chi connectivity index (χ4v) is 4.20. The van der Waals surface area contributed by atoms with Crippen LogP contribution in [0.25, 0.3) is 26.3 Å². The Morgan fingerprint density at radius 2 is 2.00 bits per heavy atom. The van der Waals surface area contributed by atoms with Gasteiger partial charge in [-0.2, -0.15) is 0 Å². The molecule has 4 aromatic rings. The predicted molar refractivity (Wildman–Crippen MR) is 106 cm³/mol. The smallest absolute Gasteiger partial charge is 0.306 e. The van der Waals surface area contributed by atoms with Crippen molar-refractivity contribution in [2.24, 2.45) is 0 Å². The topological polar surface area (TPSA) is 67.8 Å². The van der Waals surface area contributed by atoms with Gasteiger partial charge in [0.25, 0.3) is 5.56 Å². The number of H-pyrrole nitrogens is 1. The molecule has 1 aromatic carbocycles. The van der Waals surface area contributed by atoms with Crippen LogP contribution in [0.3, 0.4) is 0 Å². The number of fused-ring (bicyclic) bond motifs is 1. The molecular formula is C19H14ClN3O2S. The number of aromatic nitrogens is 3. The Labute approximate surface area is 157 Å². The number of nitrogens with zero attached hydrogens (tertiary/aromatic N) is 2. The van der Waals surface area contributed by atoms with E-state index in [2.05, 4.69) is 9.97 Å². The van der Waals surface area contributed by atoms with Gasteiger partial charge in [-0.1, -0.05) is 36.7 Å². The molecule has 0 fully saturated rings. The SMILES string of the molecule is CCc1cncc(-n2c(=O)[nH]c3cc(-c4ccccc4Cl)sc3c2=O)c1. The summed E-state index contributed by atoms with van der Waals surface area (Å²) >= 11 is 7.57. The van der Waals surface area contributed by atoms with E-state index in [0.29, 0.717) is 20.9 Å². The molecule has 3 aromatic heterocycles. The molecule has 0 amide bonds. The second-order valence-electron chi connectivity index (χ2n) is 5.81. The lowest BCUT2D eigenvalue weighted by atomic mass is 10.2. The Hall–Kier alpha value is -2.70. The quantitative estimate of drug-likeness (QED) is 0.581. The molecule has 0 spiro atoms. The summed E-state index contributed by atoms with van der Waals surface area (Å²) < 4.78 is 1.60. The molecule has 1 N–H and O–H groups in total. The van der Waals surface area contributed by atoms with Crippen LogP contribution in [0.1, 0.15) is 12.5 Å². The first kappa shape index (κ1) is 16.8. The zero-order valence-electron chi connectivity index (χ0n) is 13.8. The van der Waals surface area contributed by atoms with Crippen molar-refractivity contribution < 1.29 is 0 Å². The van der Waals surface area contributed by atoms with Crippen molar-refractivity contribution in [1.29, 1.82) is 0 Å². The molecule has 4 rings (SSSR count). The van der Waals surface area contributed by atoms with E-state index >= 15 is 0 Å². The Balaban J connectivity index is 1.96. The molecule has 0 aliphatic rings. The van der Waals surface area contributed by atoms with Crippen LogP contribution in [0.5, 0.6) is 0 Å². The van der Waals surface area contributed by atoms with Crippen LogP contribution in [-0.4, -0.2) is 14.5 Å². The summed E-state index contributed by atoms with van der Waals surface area (Å²) in [6.45, 7) is 1.99. The summed E-state index contributed by atoms with van der Waals surface area (Å²) in [7, 11) is 0. The van der Waals surface area contributed by atoms with Crippen LogP contribution < -0.4 is 11.2 Å². The predicted octanol–water partition coefficient (Wildman–Crippen LogP) is 4.02. The fourth-order valence-electron chi connectivity index (χ4n) is 2.83. The molecule has 0 unspecified atom stereocenters. The fraction of sp³-hybridized carbons (Fsp3) is 0.105. The van der Waals surface area contributed by atoms with E-state index in [4.69, 9.17) is 11.6 Å². The van der Waals surface area contributed by atoms with Crippen LogP contribution in [0, 0.1) is 0 Å². The Morgan fingerprint density at radius 3 is 2.77 bits per heavy atom. The molecular weight excluding hydrogens is 370 g/mol. The Morgan fingerprint density at radius 1 is 1.19 bits per heavy atom. The number of rotatable bonds is 3. The summed E-state index contributed by atoms with van der Waals surface area (Å²) in [5.41, 5.74) is 1.91. The average molecular weight is 384 g/mol. The van der Waals surface area contributed by atoms with Gasteiger partial charge in [0.1, 0.15) is 4.70 Å². The maximum Gasteiger partial charge on any atom is 0.333 e. The molecule has 0 saturated heterocycles. The van der Waals surface area contributed by atoms with Crippen LogP contribution in [0.2, 0.25) is 5.02 Å². The molecule has 7 heteroatoms. The van der Waals surface area contributed by atoms with E-state index in [1.54, 1.807) is 24.4 Å². The highest BCUT2D eigenvalue weighted by Crippen LogP contribution is 2.34. The zero-order chi connectivity index (χ0) is 18.3. The van der Waals surface area contributed by atoms with Crippen molar-refractivity contribution >= 4 is 33.2 Å². The van der Waals surface area contributed by atoms with Gasteiger partial charge < -0.3 is 4.98 Å². The van der Waals surface area contributed by atoms with E-state index in [1.165, 1.54) is 17.5 Å². The van der Waals surface area contributed by atoms with E-state index in [1.807, 2.05) is 25.1 Å². The maximum atomic E-state index is 13.0. The number of benzene rings is 1. The van der Waals surface area contributed by atoms with Gasteiger partial charge in [-0.15, -0.1) is 11.3 Å². The number of pyridine rings is 1. The van der Waals surface area contributed by atoms with Crippen LogP contribution in [0.4, 0.5) is 0 Å². The van der Waals surface area contributed by atoms with Gasteiger partial charge in [0.2, 0.25) is 0 Å². The molecule has 26 heavy (non-hydrogen) atoms. The van der Waals surface area contributed by atoms with Crippen molar-refractivity contribution in [3.8, 4) is 16.1 Å². The third kappa shape index (κ3) is 2.77. The first-order valence-corrected chi connectivity index (χ1v) is 9.26. The number of hydrogen-bond acceptors (Lipinski definition) is 4. The third-order valence-corrected chi connectivity index (χ3v) is 5.65. The minimum absolute atomic E-state index is 0.359. The van der Waals surface area contributed by atoms with Gasteiger partial charge in [0.05, 0.1) is 17.4 Å². The van der Waals surface area contributed by atoms with E-state index in [-0.39, 0.29) is 5.56 Å². The Bertz CT molecular complexity index is 1240. The van der Waals surface area contributed by atoms with Gasteiger partial charge in [-0.3, -0.25) is 9.78 Å². The normalized spacial score (nSPS) is 11.2. The van der Waals surface area contributed by atoms with Crippen molar-refractivity contribution in [2.45, 2.75) is 13.3 Å². The molecule has 0 aliphatic carbocycles. The highest BCUT2D eigenvalue weighted by atomic mass is 35.5. The molecule has 5 nitrogen and oxygen atoms in total. The Kier molecular flexibility index (Phi) is 4.22.